The van der Waals surface area contributed by atoms with Crippen molar-refractivity contribution in [1.29, 1.82) is 0 Å². The van der Waals surface area contributed by atoms with E-state index in [0.29, 0.717) is 19.4 Å². The van der Waals surface area contributed by atoms with Crippen molar-refractivity contribution < 1.29 is 56.0 Å². The van der Waals surface area contributed by atoms with Crippen LogP contribution >= 0.6 is 15.2 Å². The fraction of sp³-hybridized carbons (Fsp3) is 0.900. The Kier molecular flexibility index (Phi) is 12.0. The number of hydrogen-bond donors (Lipinski definition) is 1. The molecule has 0 aromatic carbocycles. The maximum Gasteiger partial charge on any atom is 0.430 e. The van der Waals surface area contributed by atoms with E-state index in [4.69, 9.17) is 28.0 Å². The molecule has 146 valence electrons. The van der Waals surface area contributed by atoms with Gasteiger partial charge in [-0.3, -0.25) is 9.13 Å². The van der Waals surface area contributed by atoms with Crippen LogP contribution < -0.4 is 10.8 Å². The minimum atomic E-state index is -5.19. The van der Waals surface area contributed by atoms with E-state index in [1.807, 2.05) is 0 Å². The SMILES string of the molecule is COP(=O)(OC)C(CCC[NH3+])P(=O)(OC)OC.O=C([O-])C(F)(F)F. The number of carbonyl (C=O) groups is 1. The van der Waals surface area contributed by atoms with E-state index in [0.717, 1.165) is 0 Å². The van der Waals surface area contributed by atoms with E-state index < -0.39 is 32.7 Å². The van der Waals surface area contributed by atoms with Crippen molar-refractivity contribution >= 4 is 21.2 Å². The molecule has 0 aromatic rings. The van der Waals surface area contributed by atoms with E-state index >= 15 is 0 Å². The van der Waals surface area contributed by atoms with Gasteiger partial charge in [-0.2, -0.15) is 13.2 Å². The summed E-state index contributed by atoms with van der Waals surface area (Å²) in [7, 11) is -2.04. The van der Waals surface area contributed by atoms with Crippen molar-refractivity contribution in [2.45, 2.75) is 24.4 Å². The highest BCUT2D eigenvalue weighted by Gasteiger charge is 2.48. The minimum Gasteiger partial charge on any atom is -0.542 e. The molecule has 14 heteroatoms. The van der Waals surface area contributed by atoms with Gasteiger partial charge in [-0.15, -0.1) is 0 Å². The first kappa shape index (κ1) is 25.8. The average Bonchev–Trinajstić information content (AvgIpc) is 2.54. The number of aliphatic carboxylic acids is 1. The summed E-state index contributed by atoms with van der Waals surface area (Å²) in [6.45, 7) is 0.622. The van der Waals surface area contributed by atoms with E-state index in [2.05, 4.69) is 5.73 Å². The lowest BCUT2D eigenvalue weighted by molar-refractivity contribution is -0.368. The second kappa shape index (κ2) is 11.2. The first-order valence-corrected chi connectivity index (χ1v) is 9.60. The van der Waals surface area contributed by atoms with E-state index in [-0.39, 0.29) is 0 Å². The van der Waals surface area contributed by atoms with Gasteiger partial charge in [0.15, 0.2) is 5.40 Å². The van der Waals surface area contributed by atoms with Crippen molar-refractivity contribution in [1.82, 2.24) is 0 Å². The van der Waals surface area contributed by atoms with Crippen molar-refractivity contribution in [3.8, 4) is 0 Å². The molecule has 0 atom stereocenters. The van der Waals surface area contributed by atoms with E-state index in [9.17, 15) is 22.3 Å². The molecule has 0 aliphatic heterocycles. The summed E-state index contributed by atoms with van der Waals surface area (Å²) < 4.78 is 75.7. The van der Waals surface area contributed by atoms with Gasteiger partial charge in [0.1, 0.15) is 5.97 Å². The van der Waals surface area contributed by atoms with Gasteiger partial charge in [0.25, 0.3) is 0 Å². The van der Waals surface area contributed by atoms with Crippen LogP contribution in [0.2, 0.25) is 0 Å². The van der Waals surface area contributed by atoms with Gasteiger partial charge in [0.2, 0.25) is 0 Å². The zero-order valence-electron chi connectivity index (χ0n) is 13.7. The number of halogens is 3. The third kappa shape index (κ3) is 8.06. The topological polar surface area (TPSA) is 139 Å². The maximum absolute atomic E-state index is 12.3. The molecule has 0 amide bonds. The molecule has 0 saturated carbocycles. The van der Waals surface area contributed by atoms with E-state index in [1.54, 1.807) is 0 Å². The molecule has 0 unspecified atom stereocenters. The predicted molar refractivity (Wildman–Crippen MR) is 75.1 cm³/mol. The summed E-state index contributed by atoms with van der Waals surface area (Å²) in [5.41, 5.74) is 3.68. The van der Waals surface area contributed by atoms with Gasteiger partial charge in [-0.05, 0) is 12.8 Å². The number of alkyl halides is 3. The van der Waals surface area contributed by atoms with Crippen LogP contribution in [0.5, 0.6) is 0 Å². The predicted octanol–water partition coefficient (Wildman–Crippen LogP) is 0.605. The molecule has 0 heterocycles. The number of quaternary nitrogens is 1. The van der Waals surface area contributed by atoms with Gasteiger partial charge < -0.3 is 33.7 Å². The normalized spacial score (nSPS) is 12.7. The van der Waals surface area contributed by atoms with Crippen LogP contribution in [-0.2, 0) is 32.0 Å². The highest BCUT2D eigenvalue weighted by atomic mass is 31.2. The van der Waals surface area contributed by atoms with Crippen LogP contribution in [0.4, 0.5) is 13.2 Å². The fourth-order valence-corrected chi connectivity index (χ4v) is 6.24. The van der Waals surface area contributed by atoms with Crippen LogP contribution in [0.15, 0.2) is 0 Å². The Labute approximate surface area is 137 Å². The molecular formula is C10H22F3NO8P2. The lowest BCUT2D eigenvalue weighted by Gasteiger charge is -2.28. The lowest BCUT2D eigenvalue weighted by Crippen LogP contribution is -2.50. The fourth-order valence-electron chi connectivity index (χ4n) is 1.45. The van der Waals surface area contributed by atoms with Crippen molar-refractivity contribution in [2.75, 3.05) is 35.0 Å². The second-order valence-corrected chi connectivity index (χ2v) is 9.35. The Morgan fingerprint density at radius 2 is 1.33 bits per heavy atom. The van der Waals surface area contributed by atoms with Crippen LogP contribution in [0.1, 0.15) is 12.8 Å². The van der Waals surface area contributed by atoms with Crippen LogP contribution in [-0.4, -0.2) is 52.5 Å². The standard InChI is InChI=1S/C8H21NO6P2.C2HF3O2/c1-12-16(10,13-2)8(6-5-7-9)17(11,14-3)15-4;3-2(4,5)1(6)7/h8H,5-7,9H2,1-4H3;(H,6,7). The number of hydrogen-bond acceptors (Lipinski definition) is 8. The Bertz CT molecular complexity index is 432. The number of carbonyl (C=O) groups excluding carboxylic acids is 1. The molecule has 3 N–H and O–H groups in total. The zero-order valence-corrected chi connectivity index (χ0v) is 15.5. The highest BCUT2D eigenvalue weighted by Crippen LogP contribution is 2.70. The third-order valence-electron chi connectivity index (χ3n) is 2.69. The van der Waals surface area contributed by atoms with E-state index in [1.165, 1.54) is 28.4 Å². The van der Waals surface area contributed by atoms with Crippen LogP contribution in [0.3, 0.4) is 0 Å². The van der Waals surface area contributed by atoms with Crippen LogP contribution in [0.25, 0.3) is 0 Å². The first-order valence-electron chi connectivity index (χ1n) is 6.38. The molecule has 0 saturated heterocycles. The minimum absolute atomic E-state index is 0.335. The maximum atomic E-state index is 12.3. The number of rotatable bonds is 9. The first-order chi connectivity index (χ1) is 10.9. The van der Waals surface area contributed by atoms with Crippen molar-refractivity contribution in [2.24, 2.45) is 0 Å². The molecule has 0 bridgehead atoms. The lowest BCUT2D eigenvalue weighted by atomic mass is 10.3. The Morgan fingerprint density at radius 1 is 1.04 bits per heavy atom. The second-order valence-electron chi connectivity index (χ2n) is 4.07. The molecule has 0 rings (SSSR count). The molecule has 24 heavy (non-hydrogen) atoms. The van der Waals surface area contributed by atoms with Crippen molar-refractivity contribution in [3.05, 3.63) is 0 Å². The summed E-state index contributed by atoms with van der Waals surface area (Å²) in [6.07, 6.45) is -4.24. The number of carboxylic acid groups (broad SMARTS) is 1. The zero-order chi connectivity index (χ0) is 19.6. The van der Waals surface area contributed by atoms with Crippen molar-refractivity contribution in [3.63, 3.8) is 0 Å². The Hall–Kier alpha value is -0.480. The van der Waals surface area contributed by atoms with Gasteiger partial charge in [-0.25, -0.2) is 0 Å². The van der Waals surface area contributed by atoms with Gasteiger partial charge in [0, 0.05) is 28.4 Å². The molecule has 0 aliphatic rings. The molecule has 9 nitrogen and oxygen atoms in total. The largest absolute Gasteiger partial charge is 0.542 e. The van der Waals surface area contributed by atoms with Gasteiger partial charge >= 0.3 is 21.4 Å². The molecule has 0 fully saturated rings. The number of carboxylic acids is 1. The molecule has 0 spiro atoms. The molecular weight excluding hydrogens is 381 g/mol. The quantitative estimate of drug-likeness (QED) is 0.553. The van der Waals surface area contributed by atoms with Crippen LogP contribution in [0, 0.1) is 0 Å². The summed E-state index contributed by atoms with van der Waals surface area (Å²) in [6, 6.07) is 0. The molecule has 0 aromatic heterocycles. The summed E-state index contributed by atoms with van der Waals surface area (Å²) in [4.78, 5) is 8.78. The Morgan fingerprint density at radius 3 is 1.50 bits per heavy atom. The third-order valence-corrected chi connectivity index (χ3v) is 8.40. The summed E-state index contributed by atoms with van der Waals surface area (Å²) >= 11 is 0. The van der Waals surface area contributed by atoms with Gasteiger partial charge in [0.05, 0.1) is 6.54 Å². The summed E-state index contributed by atoms with van der Waals surface area (Å²) in [5, 5.41) is 7.86. The smallest absolute Gasteiger partial charge is 0.430 e. The highest BCUT2D eigenvalue weighted by molar-refractivity contribution is 7.72. The Balaban J connectivity index is 0. The molecule has 0 radical (unpaired) electrons. The average molecular weight is 403 g/mol. The van der Waals surface area contributed by atoms with Gasteiger partial charge in [-0.1, -0.05) is 0 Å². The monoisotopic (exact) mass is 403 g/mol. The molecule has 0 aliphatic carbocycles. The summed E-state index contributed by atoms with van der Waals surface area (Å²) in [5.74, 6) is -3.01.